The van der Waals surface area contributed by atoms with Crippen molar-refractivity contribution in [3.05, 3.63) is 76.3 Å². The third kappa shape index (κ3) is 4.75. The number of aromatic hydroxyl groups is 5. The Morgan fingerprint density at radius 1 is 0.600 bits per heavy atom. The van der Waals surface area contributed by atoms with E-state index in [0.717, 1.165) is 5.56 Å². The van der Waals surface area contributed by atoms with E-state index in [1.807, 2.05) is 0 Å². The van der Waals surface area contributed by atoms with Crippen molar-refractivity contribution in [3.8, 4) is 28.7 Å². The second kappa shape index (κ2) is 8.65. The van der Waals surface area contributed by atoms with Crippen LogP contribution < -0.4 is 0 Å². The van der Waals surface area contributed by atoms with Crippen molar-refractivity contribution in [3.63, 3.8) is 0 Å². The Bertz CT molecular complexity index is 1050. The summed E-state index contributed by atoms with van der Waals surface area (Å²) in [6.07, 6.45) is 1.84. The first-order valence-corrected chi connectivity index (χ1v) is 9.34. The highest BCUT2D eigenvalue weighted by Gasteiger charge is 2.12. The molecule has 0 spiro atoms. The highest BCUT2D eigenvalue weighted by molar-refractivity contribution is 5.87. The molecular formula is C23H22O7. The van der Waals surface area contributed by atoms with E-state index in [1.165, 1.54) is 30.3 Å². The van der Waals surface area contributed by atoms with Gasteiger partial charge in [-0.2, -0.15) is 0 Å². The molecule has 0 heterocycles. The number of rotatable bonds is 7. The van der Waals surface area contributed by atoms with Gasteiger partial charge in [-0.05, 0) is 78.3 Å². The van der Waals surface area contributed by atoms with Gasteiger partial charge in [0.1, 0.15) is 11.5 Å². The zero-order valence-electron chi connectivity index (χ0n) is 16.0. The molecule has 3 aromatic carbocycles. The topological polar surface area (TPSA) is 138 Å². The fourth-order valence-electron chi connectivity index (χ4n) is 3.25. The van der Waals surface area contributed by atoms with Gasteiger partial charge in [0.2, 0.25) is 0 Å². The standard InChI is InChI=1S/C23H22O7/c24-18-12-19(25)17(8-4-14-9-20(26)22(28)21(27)10-14)11-16(18)7-3-13-1-5-15(6-2-13)23(29)30/h1-2,5-6,9-12,24-28H,3-4,7-8H2,(H,29,30). The van der Waals surface area contributed by atoms with Crippen LogP contribution in [0.25, 0.3) is 0 Å². The summed E-state index contributed by atoms with van der Waals surface area (Å²) in [4.78, 5) is 10.9. The number of phenols is 5. The van der Waals surface area contributed by atoms with Crippen LogP contribution >= 0.6 is 0 Å². The number of aryl methyl sites for hydroxylation is 4. The van der Waals surface area contributed by atoms with Crippen LogP contribution in [0.5, 0.6) is 28.7 Å². The van der Waals surface area contributed by atoms with Crippen LogP contribution in [0.3, 0.4) is 0 Å². The summed E-state index contributed by atoms with van der Waals surface area (Å²) in [6.45, 7) is 0. The third-order valence-corrected chi connectivity index (χ3v) is 4.98. The molecule has 0 atom stereocenters. The molecule has 0 saturated heterocycles. The lowest BCUT2D eigenvalue weighted by Crippen LogP contribution is -1.98. The van der Waals surface area contributed by atoms with Crippen LogP contribution in [0.1, 0.15) is 32.6 Å². The minimum atomic E-state index is -0.988. The van der Waals surface area contributed by atoms with Gasteiger partial charge < -0.3 is 30.6 Å². The van der Waals surface area contributed by atoms with Crippen molar-refractivity contribution in [1.29, 1.82) is 0 Å². The molecule has 0 fully saturated rings. The molecule has 3 rings (SSSR count). The molecule has 7 heteroatoms. The fraction of sp³-hybridized carbons (Fsp3) is 0.174. The van der Waals surface area contributed by atoms with E-state index in [4.69, 9.17) is 5.11 Å². The maximum absolute atomic E-state index is 10.9. The van der Waals surface area contributed by atoms with Gasteiger partial charge in [0.25, 0.3) is 0 Å². The summed E-state index contributed by atoms with van der Waals surface area (Å²) in [5, 5.41) is 57.9. The highest BCUT2D eigenvalue weighted by atomic mass is 16.4. The average molecular weight is 410 g/mol. The predicted octanol–water partition coefficient (Wildman–Crippen LogP) is 3.48. The van der Waals surface area contributed by atoms with Crippen LogP contribution in [-0.4, -0.2) is 36.6 Å². The molecule has 6 N–H and O–H groups in total. The molecule has 0 unspecified atom stereocenters. The van der Waals surface area contributed by atoms with Crippen molar-refractivity contribution in [2.24, 2.45) is 0 Å². The van der Waals surface area contributed by atoms with Crippen LogP contribution in [-0.2, 0) is 25.7 Å². The van der Waals surface area contributed by atoms with Gasteiger partial charge in [0.15, 0.2) is 17.2 Å². The molecule has 30 heavy (non-hydrogen) atoms. The Balaban J connectivity index is 1.71. The van der Waals surface area contributed by atoms with Gasteiger partial charge in [-0.25, -0.2) is 4.79 Å². The summed E-state index contributed by atoms with van der Waals surface area (Å²) in [6, 6.07) is 12.2. The molecule has 156 valence electrons. The Labute approximate surface area is 172 Å². The zero-order valence-corrected chi connectivity index (χ0v) is 16.0. The SMILES string of the molecule is O=C(O)c1ccc(CCc2cc(CCc3cc(O)c(O)c(O)c3)c(O)cc2O)cc1. The molecule has 0 bridgehead atoms. The zero-order chi connectivity index (χ0) is 21.8. The normalized spacial score (nSPS) is 10.8. The van der Waals surface area contributed by atoms with E-state index in [-0.39, 0.29) is 17.1 Å². The number of phenolic OH excluding ortho intramolecular Hbond substituents is 5. The number of hydrogen-bond donors (Lipinski definition) is 6. The van der Waals surface area contributed by atoms with E-state index in [0.29, 0.717) is 42.4 Å². The maximum atomic E-state index is 10.9. The van der Waals surface area contributed by atoms with Crippen molar-refractivity contribution in [1.82, 2.24) is 0 Å². The number of hydrogen-bond acceptors (Lipinski definition) is 6. The minimum absolute atomic E-state index is 0.0293. The van der Waals surface area contributed by atoms with Gasteiger partial charge in [0.05, 0.1) is 5.56 Å². The van der Waals surface area contributed by atoms with E-state index < -0.39 is 23.2 Å². The van der Waals surface area contributed by atoms with Gasteiger partial charge >= 0.3 is 5.97 Å². The summed E-state index contributed by atoms with van der Waals surface area (Å²) in [5.74, 6) is -2.50. The number of carbonyl (C=O) groups is 1. The molecule has 0 aromatic heterocycles. The lowest BCUT2D eigenvalue weighted by atomic mass is 9.97. The second-order valence-corrected chi connectivity index (χ2v) is 7.09. The van der Waals surface area contributed by atoms with E-state index in [9.17, 15) is 30.3 Å². The summed E-state index contributed by atoms with van der Waals surface area (Å²) < 4.78 is 0. The Morgan fingerprint density at radius 2 is 1.10 bits per heavy atom. The number of aromatic carboxylic acids is 1. The Kier molecular flexibility index (Phi) is 6.01. The largest absolute Gasteiger partial charge is 0.508 e. The first-order valence-electron chi connectivity index (χ1n) is 9.34. The molecule has 0 aliphatic carbocycles. The van der Waals surface area contributed by atoms with E-state index in [2.05, 4.69) is 0 Å². The van der Waals surface area contributed by atoms with Crippen LogP contribution in [0.15, 0.2) is 48.5 Å². The molecule has 0 aliphatic rings. The highest BCUT2D eigenvalue weighted by Crippen LogP contribution is 2.36. The average Bonchev–Trinajstić information content (AvgIpc) is 2.70. The van der Waals surface area contributed by atoms with Crippen molar-refractivity contribution in [2.75, 3.05) is 0 Å². The Morgan fingerprint density at radius 3 is 1.60 bits per heavy atom. The summed E-state index contributed by atoms with van der Waals surface area (Å²) in [5.41, 5.74) is 2.94. The summed E-state index contributed by atoms with van der Waals surface area (Å²) >= 11 is 0. The number of benzene rings is 3. The predicted molar refractivity (Wildman–Crippen MR) is 109 cm³/mol. The lowest BCUT2D eigenvalue weighted by Gasteiger charge is -2.11. The summed E-state index contributed by atoms with van der Waals surface area (Å²) in [7, 11) is 0. The molecule has 0 aliphatic heterocycles. The fourth-order valence-corrected chi connectivity index (χ4v) is 3.25. The van der Waals surface area contributed by atoms with Gasteiger partial charge in [-0.15, -0.1) is 0 Å². The van der Waals surface area contributed by atoms with Crippen molar-refractivity contribution in [2.45, 2.75) is 25.7 Å². The first-order chi connectivity index (χ1) is 14.2. The lowest BCUT2D eigenvalue weighted by molar-refractivity contribution is 0.0697. The Hall–Kier alpha value is -3.87. The molecule has 0 radical (unpaired) electrons. The number of carboxylic acids is 1. The van der Waals surface area contributed by atoms with Gasteiger partial charge in [0, 0.05) is 6.07 Å². The van der Waals surface area contributed by atoms with Gasteiger partial charge in [-0.3, -0.25) is 0 Å². The van der Waals surface area contributed by atoms with E-state index >= 15 is 0 Å². The van der Waals surface area contributed by atoms with Crippen LogP contribution in [0.2, 0.25) is 0 Å². The third-order valence-electron chi connectivity index (χ3n) is 4.98. The number of carboxylic acid groups (broad SMARTS) is 1. The van der Waals surface area contributed by atoms with Crippen LogP contribution in [0, 0.1) is 0 Å². The minimum Gasteiger partial charge on any atom is -0.508 e. The molecule has 0 amide bonds. The van der Waals surface area contributed by atoms with Crippen LogP contribution in [0.4, 0.5) is 0 Å². The van der Waals surface area contributed by atoms with Crippen molar-refractivity contribution < 1.29 is 35.4 Å². The quantitative estimate of drug-likeness (QED) is 0.328. The van der Waals surface area contributed by atoms with E-state index in [1.54, 1.807) is 18.2 Å². The molecule has 3 aromatic rings. The molecule has 7 nitrogen and oxygen atoms in total. The molecular weight excluding hydrogens is 388 g/mol. The smallest absolute Gasteiger partial charge is 0.335 e. The van der Waals surface area contributed by atoms with Crippen molar-refractivity contribution >= 4 is 5.97 Å². The monoisotopic (exact) mass is 410 g/mol. The first kappa shape index (κ1) is 20.9. The second-order valence-electron chi connectivity index (χ2n) is 7.09. The van der Waals surface area contributed by atoms with Gasteiger partial charge in [-0.1, -0.05) is 12.1 Å². The molecule has 0 saturated carbocycles. The maximum Gasteiger partial charge on any atom is 0.335 e.